The monoisotopic (exact) mass is 501 g/mol. The largest absolute Gasteiger partial charge is 2.00 e. The number of hydrogen-bond acceptors (Lipinski definition) is 2. The third kappa shape index (κ3) is 5.83. The van der Waals surface area contributed by atoms with Gasteiger partial charge in [-0.05, 0) is 41.5 Å². The summed E-state index contributed by atoms with van der Waals surface area (Å²) in [6.45, 7) is 0. The first-order chi connectivity index (χ1) is 13.8. The van der Waals surface area contributed by atoms with Gasteiger partial charge in [0.25, 0.3) is 0 Å². The van der Waals surface area contributed by atoms with Crippen molar-refractivity contribution in [1.82, 2.24) is 0 Å². The number of nitrogens with zero attached hydrogens (tertiary/aromatic N) is 1. The van der Waals surface area contributed by atoms with Gasteiger partial charge in [-0.2, -0.15) is 42.0 Å². The van der Waals surface area contributed by atoms with Crippen LogP contribution >= 0.6 is 27.7 Å². The van der Waals surface area contributed by atoms with Crippen molar-refractivity contribution >= 4 is 39.1 Å². The Morgan fingerprint density at radius 2 is 1.62 bits per heavy atom. The molecule has 0 amide bonds. The summed E-state index contributed by atoms with van der Waals surface area (Å²) in [6, 6.07) is 35.5. The molecule has 1 nitrogen and oxygen atoms in total. The topological polar surface area (TPSA) is 12.4 Å². The molecule has 4 aromatic rings. The van der Waals surface area contributed by atoms with Gasteiger partial charge in [0.15, 0.2) is 0 Å². The fourth-order valence-corrected chi connectivity index (χ4v) is 4.64. The Labute approximate surface area is 195 Å². The fourth-order valence-electron chi connectivity index (χ4n) is 3.15. The maximum Gasteiger partial charge on any atom is 2.00 e. The first kappa shape index (κ1) is 21.9. The van der Waals surface area contributed by atoms with E-state index in [1.807, 2.05) is 42.1 Å². The number of para-hydroxylation sites is 1. The average molecular weight is 502 g/mol. The first-order valence-corrected chi connectivity index (χ1v) is 10.9. The summed E-state index contributed by atoms with van der Waals surface area (Å²) in [5.74, 6) is 0. The van der Waals surface area contributed by atoms with E-state index in [9.17, 15) is 0 Å². The molecule has 1 unspecified atom stereocenters. The number of rotatable bonds is 2. The third-order valence-electron chi connectivity index (χ3n) is 4.56. The quantitative estimate of drug-likeness (QED) is 0.200. The maximum atomic E-state index is 4.98. The Kier molecular flexibility index (Phi) is 8.14. The predicted molar refractivity (Wildman–Crippen MR) is 124 cm³/mol. The van der Waals surface area contributed by atoms with Crippen molar-refractivity contribution in [1.29, 1.82) is 0 Å². The van der Waals surface area contributed by atoms with Gasteiger partial charge in [0.2, 0.25) is 0 Å². The zero-order valence-corrected chi connectivity index (χ0v) is 19.2. The van der Waals surface area contributed by atoms with E-state index in [2.05, 4.69) is 88.7 Å². The Morgan fingerprint density at radius 3 is 2.28 bits per heavy atom. The average Bonchev–Trinajstić information content (AvgIpc) is 3.43. The molecule has 0 spiro atoms. The molecule has 146 valence electrons. The van der Waals surface area contributed by atoms with E-state index < -0.39 is 0 Å². The van der Waals surface area contributed by atoms with Gasteiger partial charge in [-0.25, -0.2) is 18.2 Å². The van der Waals surface area contributed by atoms with Gasteiger partial charge in [0.1, 0.15) is 0 Å². The number of hydrogen-bond donors (Lipinski definition) is 0. The Hall–Kier alpha value is -1.84. The SMILES string of the molecule is Brc1ccc(C2=Nc3ccccc3SC(c3cc[cH-]c3)C2)cc1.[Fe+2].c1cc[cH-]c1. The molecular weight excluding hydrogens is 482 g/mol. The molecule has 0 N–H and O–H groups in total. The molecule has 4 heteroatoms. The summed E-state index contributed by atoms with van der Waals surface area (Å²) in [4.78, 5) is 6.24. The first-order valence-electron chi connectivity index (χ1n) is 9.27. The standard InChI is InChI=1S/C20H15BrNS.C5H5.Fe/c21-16-11-9-14(10-12-16)18-13-20(15-5-1-2-6-15)23-19-8-4-3-7-17(19)22-18;1-2-4-5-3-1;/h1-12,20H,13H2;1-5H;/q2*-1;+2. The summed E-state index contributed by atoms with van der Waals surface area (Å²) in [5, 5.41) is 0.399. The van der Waals surface area contributed by atoms with Gasteiger partial charge >= 0.3 is 17.1 Å². The van der Waals surface area contributed by atoms with Crippen molar-refractivity contribution in [2.24, 2.45) is 4.99 Å². The number of aliphatic imine (C=N–C) groups is 1. The fraction of sp³-hybridized carbons (Fsp3) is 0.0800. The zero-order chi connectivity index (χ0) is 19.2. The molecule has 1 heterocycles. The molecule has 0 bridgehead atoms. The van der Waals surface area contributed by atoms with Crippen molar-refractivity contribution in [2.45, 2.75) is 16.6 Å². The van der Waals surface area contributed by atoms with E-state index in [-0.39, 0.29) is 17.1 Å². The van der Waals surface area contributed by atoms with Crippen molar-refractivity contribution in [2.75, 3.05) is 0 Å². The van der Waals surface area contributed by atoms with Crippen LogP contribution in [-0.4, -0.2) is 5.71 Å². The molecule has 1 atom stereocenters. The number of halogens is 1. The van der Waals surface area contributed by atoms with E-state index in [1.54, 1.807) is 0 Å². The van der Waals surface area contributed by atoms with Crippen LogP contribution in [0.1, 0.15) is 22.8 Å². The second-order valence-electron chi connectivity index (χ2n) is 6.52. The molecule has 0 aliphatic carbocycles. The van der Waals surface area contributed by atoms with E-state index in [1.165, 1.54) is 16.0 Å². The van der Waals surface area contributed by atoms with Crippen LogP contribution in [0.5, 0.6) is 0 Å². The van der Waals surface area contributed by atoms with E-state index in [0.29, 0.717) is 5.25 Å². The summed E-state index contributed by atoms with van der Waals surface area (Å²) in [6.07, 6.45) is 0.936. The molecule has 1 aliphatic heterocycles. The minimum absolute atomic E-state index is 0. The summed E-state index contributed by atoms with van der Waals surface area (Å²) in [5.41, 5.74) is 4.80. The smallest absolute Gasteiger partial charge is 0.252 e. The van der Waals surface area contributed by atoms with Crippen LogP contribution in [-0.2, 0) is 17.1 Å². The van der Waals surface area contributed by atoms with Crippen LogP contribution in [0.15, 0.2) is 117 Å². The molecule has 1 aliphatic rings. The van der Waals surface area contributed by atoms with E-state index in [0.717, 1.165) is 22.3 Å². The van der Waals surface area contributed by atoms with Gasteiger partial charge < -0.3 is 0 Å². The van der Waals surface area contributed by atoms with Gasteiger partial charge in [-0.15, -0.1) is 11.8 Å². The van der Waals surface area contributed by atoms with Crippen molar-refractivity contribution < 1.29 is 17.1 Å². The number of thioether (sulfide) groups is 1. The van der Waals surface area contributed by atoms with E-state index >= 15 is 0 Å². The van der Waals surface area contributed by atoms with Crippen molar-refractivity contribution in [3.63, 3.8) is 0 Å². The molecule has 0 fully saturated rings. The molecule has 4 aromatic carbocycles. The molecule has 0 radical (unpaired) electrons. The second-order valence-corrected chi connectivity index (χ2v) is 8.68. The van der Waals surface area contributed by atoms with Crippen LogP contribution in [0.25, 0.3) is 0 Å². The zero-order valence-electron chi connectivity index (χ0n) is 15.7. The summed E-state index contributed by atoms with van der Waals surface area (Å²) >= 11 is 5.42. The normalized spacial score (nSPS) is 15.1. The van der Waals surface area contributed by atoms with Crippen molar-refractivity contribution in [3.05, 3.63) is 119 Å². The van der Waals surface area contributed by atoms with Crippen LogP contribution in [0, 0.1) is 0 Å². The van der Waals surface area contributed by atoms with Gasteiger partial charge in [-0.1, -0.05) is 40.2 Å². The number of fused-ring (bicyclic) bond motifs is 1. The minimum Gasteiger partial charge on any atom is -0.252 e. The van der Waals surface area contributed by atoms with Crippen LogP contribution in [0.4, 0.5) is 5.69 Å². The second kappa shape index (κ2) is 10.8. The molecule has 0 saturated carbocycles. The number of benzene rings is 2. The predicted octanol–water partition coefficient (Wildman–Crippen LogP) is 7.93. The minimum atomic E-state index is 0. The van der Waals surface area contributed by atoms with Crippen molar-refractivity contribution in [3.8, 4) is 0 Å². The summed E-state index contributed by atoms with van der Waals surface area (Å²) in [7, 11) is 0. The van der Waals surface area contributed by atoms with E-state index in [4.69, 9.17) is 4.99 Å². The molecular formula is C25H20BrFeNS. The van der Waals surface area contributed by atoms with Gasteiger partial charge in [0, 0.05) is 15.1 Å². The summed E-state index contributed by atoms with van der Waals surface area (Å²) < 4.78 is 1.10. The van der Waals surface area contributed by atoms with Gasteiger partial charge in [-0.3, -0.25) is 4.99 Å². The Balaban J connectivity index is 0.000000352. The maximum absolute atomic E-state index is 4.98. The van der Waals surface area contributed by atoms with Gasteiger partial charge in [0.05, 0.1) is 5.69 Å². The van der Waals surface area contributed by atoms with Crippen LogP contribution < -0.4 is 0 Å². The third-order valence-corrected chi connectivity index (χ3v) is 6.41. The van der Waals surface area contributed by atoms with Crippen LogP contribution in [0.2, 0.25) is 0 Å². The molecule has 0 aromatic heterocycles. The molecule has 0 saturated heterocycles. The molecule has 29 heavy (non-hydrogen) atoms. The Bertz CT molecular complexity index is 1000. The van der Waals surface area contributed by atoms with Crippen LogP contribution in [0.3, 0.4) is 0 Å². The Morgan fingerprint density at radius 1 is 0.862 bits per heavy atom. The molecule has 5 rings (SSSR count).